The quantitative estimate of drug-likeness (QED) is 0.682. The highest BCUT2D eigenvalue weighted by Crippen LogP contribution is 2.24. The number of rotatable bonds is 4. The van der Waals surface area contributed by atoms with Crippen LogP contribution in [0.5, 0.6) is 0 Å². The summed E-state index contributed by atoms with van der Waals surface area (Å²) >= 11 is 0. The molecule has 0 fully saturated rings. The van der Waals surface area contributed by atoms with Crippen LogP contribution < -0.4 is 5.32 Å². The zero-order chi connectivity index (χ0) is 20.5. The first kappa shape index (κ1) is 18.6. The predicted molar refractivity (Wildman–Crippen MR) is 106 cm³/mol. The molecule has 5 nitrogen and oxygen atoms in total. The summed E-state index contributed by atoms with van der Waals surface area (Å²) in [4.78, 5) is 38.7. The lowest BCUT2D eigenvalue weighted by molar-refractivity contribution is 0.0642. The molecule has 0 saturated heterocycles. The number of aryl methyl sites for hydroxylation is 1. The molecule has 1 aliphatic rings. The lowest BCUT2D eigenvalue weighted by Crippen LogP contribution is -2.29. The number of hydrogen-bond donors (Lipinski definition) is 1. The number of fused-ring (bicyclic) bond motifs is 1. The lowest BCUT2D eigenvalue weighted by Gasteiger charge is -2.14. The predicted octanol–water partition coefficient (Wildman–Crippen LogP) is 4.18. The largest absolute Gasteiger partial charge is 0.322 e. The Morgan fingerprint density at radius 1 is 0.931 bits per heavy atom. The normalized spacial score (nSPS) is 12.8. The second kappa shape index (κ2) is 7.31. The number of hydrogen-bond acceptors (Lipinski definition) is 3. The van der Waals surface area contributed by atoms with Gasteiger partial charge in [-0.3, -0.25) is 19.3 Å². The van der Waals surface area contributed by atoms with Gasteiger partial charge in [-0.1, -0.05) is 30.3 Å². The van der Waals surface area contributed by atoms with Crippen molar-refractivity contribution in [2.45, 2.75) is 13.5 Å². The fourth-order valence-electron chi connectivity index (χ4n) is 3.25. The maximum absolute atomic E-state index is 13.7. The Bertz CT molecular complexity index is 1120. The van der Waals surface area contributed by atoms with Gasteiger partial charge in [0.15, 0.2) is 0 Å². The molecule has 0 unspecified atom stereocenters. The van der Waals surface area contributed by atoms with Gasteiger partial charge in [-0.2, -0.15) is 0 Å². The molecule has 0 atom stereocenters. The molecule has 1 aliphatic heterocycles. The van der Waals surface area contributed by atoms with Crippen molar-refractivity contribution in [2.24, 2.45) is 0 Å². The van der Waals surface area contributed by atoms with Crippen LogP contribution in [0.25, 0.3) is 0 Å². The third-order valence-electron chi connectivity index (χ3n) is 4.84. The van der Waals surface area contributed by atoms with Crippen LogP contribution in [-0.4, -0.2) is 22.6 Å². The zero-order valence-corrected chi connectivity index (χ0v) is 15.6. The minimum atomic E-state index is -0.405. The minimum absolute atomic E-state index is 0.0621. The number of amides is 3. The van der Waals surface area contributed by atoms with Gasteiger partial charge in [-0.05, 0) is 54.4 Å². The van der Waals surface area contributed by atoms with E-state index in [9.17, 15) is 18.8 Å². The first-order valence-corrected chi connectivity index (χ1v) is 9.06. The number of nitrogens with one attached hydrogen (secondary N) is 1. The Morgan fingerprint density at radius 2 is 1.62 bits per heavy atom. The van der Waals surface area contributed by atoms with Crippen molar-refractivity contribution < 1.29 is 18.8 Å². The van der Waals surface area contributed by atoms with E-state index in [1.165, 1.54) is 6.07 Å². The molecule has 1 N–H and O–H groups in total. The molecular weight excluding hydrogens is 371 g/mol. The highest BCUT2D eigenvalue weighted by atomic mass is 19.1. The zero-order valence-electron chi connectivity index (χ0n) is 15.6. The SMILES string of the molecule is Cc1ccc(NC(=O)c2cccc(CN3C(=O)c4ccccc4C3=O)c2)cc1F. The Hall–Kier alpha value is -3.80. The second-order valence-corrected chi connectivity index (χ2v) is 6.86. The van der Waals surface area contributed by atoms with E-state index < -0.39 is 11.7 Å². The Balaban J connectivity index is 1.52. The summed E-state index contributed by atoms with van der Waals surface area (Å²) in [7, 11) is 0. The first-order chi connectivity index (χ1) is 13.9. The molecule has 0 radical (unpaired) electrons. The topological polar surface area (TPSA) is 66.5 Å². The fraction of sp³-hybridized carbons (Fsp3) is 0.0870. The van der Waals surface area contributed by atoms with Crippen molar-refractivity contribution in [1.29, 1.82) is 0 Å². The summed E-state index contributed by atoms with van der Waals surface area (Å²) in [6.07, 6.45) is 0. The van der Waals surface area contributed by atoms with Crippen LogP contribution in [0.15, 0.2) is 66.7 Å². The van der Waals surface area contributed by atoms with Crippen LogP contribution in [0.1, 0.15) is 42.2 Å². The first-order valence-electron chi connectivity index (χ1n) is 9.06. The molecule has 4 rings (SSSR count). The Kier molecular flexibility index (Phi) is 4.68. The molecule has 0 aliphatic carbocycles. The number of carbonyl (C=O) groups is 3. The highest BCUT2D eigenvalue weighted by molar-refractivity contribution is 6.21. The highest BCUT2D eigenvalue weighted by Gasteiger charge is 2.34. The van der Waals surface area contributed by atoms with Crippen LogP contribution in [0, 0.1) is 12.7 Å². The third-order valence-corrected chi connectivity index (χ3v) is 4.84. The van der Waals surface area contributed by atoms with Crippen molar-refractivity contribution in [2.75, 3.05) is 5.32 Å². The van der Waals surface area contributed by atoms with E-state index >= 15 is 0 Å². The Morgan fingerprint density at radius 3 is 2.28 bits per heavy atom. The molecule has 0 spiro atoms. The van der Waals surface area contributed by atoms with E-state index in [2.05, 4.69) is 5.32 Å². The van der Waals surface area contributed by atoms with Crippen LogP contribution in [-0.2, 0) is 6.54 Å². The minimum Gasteiger partial charge on any atom is -0.322 e. The molecule has 29 heavy (non-hydrogen) atoms. The van der Waals surface area contributed by atoms with E-state index in [4.69, 9.17) is 0 Å². The van der Waals surface area contributed by atoms with Gasteiger partial charge in [0.2, 0.25) is 0 Å². The average molecular weight is 388 g/mol. The molecular formula is C23H17FN2O3. The maximum Gasteiger partial charge on any atom is 0.261 e. The van der Waals surface area contributed by atoms with Gasteiger partial charge in [0.25, 0.3) is 17.7 Å². The van der Waals surface area contributed by atoms with Gasteiger partial charge < -0.3 is 5.32 Å². The summed E-state index contributed by atoms with van der Waals surface area (Å²) < 4.78 is 13.7. The van der Waals surface area contributed by atoms with Crippen LogP contribution in [0.3, 0.4) is 0 Å². The molecule has 6 heteroatoms. The van der Waals surface area contributed by atoms with E-state index in [0.29, 0.717) is 33.5 Å². The monoisotopic (exact) mass is 388 g/mol. The summed E-state index contributed by atoms with van der Waals surface area (Å²) in [5, 5.41) is 2.65. The summed E-state index contributed by atoms with van der Waals surface area (Å²) in [5.74, 6) is -1.51. The fourth-order valence-corrected chi connectivity index (χ4v) is 3.25. The van der Waals surface area contributed by atoms with Crippen LogP contribution >= 0.6 is 0 Å². The molecule has 3 aromatic rings. The number of benzene rings is 3. The van der Waals surface area contributed by atoms with E-state index in [0.717, 1.165) is 4.90 Å². The number of imide groups is 1. The molecule has 144 valence electrons. The molecule has 0 aromatic heterocycles. The van der Waals surface area contributed by atoms with Crippen molar-refractivity contribution >= 4 is 23.4 Å². The number of halogens is 1. The van der Waals surface area contributed by atoms with Gasteiger partial charge in [0.05, 0.1) is 17.7 Å². The van der Waals surface area contributed by atoms with Gasteiger partial charge in [0.1, 0.15) is 5.82 Å². The number of anilines is 1. The lowest BCUT2D eigenvalue weighted by atomic mass is 10.1. The van der Waals surface area contributed by atoms with E-state index in [1.807, 2.05) is 0 Å². The van der Waals surface area contributed by atoms with Crippen molar-refractivity contribution in [3.8, 4) is 0 Å². The van der Waals surface area contributed by atoms with Gasteiger partial charge in [-0.25, -0.2) is 4.39 Å². The third kappa shape index (κ3) is 3.52. The molecule has 3 amide bonds. The van der Waals surface area contributed by atoms with Crippen molar-refractivity contribution in [3.63, 3.8) is 0 Å². The van der Waals surface area contributed by atoms with E-state index in [1.54, 1.807) is 67.6 Å². The summed E-state index contributed by atoms with van der Waals surface area (Å²) in [6, 6.07) is 17.8. The maximum atomic E-state index is 13.7. The summed E-state index contributed by atoms with van der Waals surface area (Å²) in [6.45, 7) is 1.70. The van der Waals surface area contributed by atoms with Crippen molar-refractivity contribution in [3.05, 3.63) is 100 Å². The Labute approximate surface area is 166 Å². The van der Waals surface area contributed by atoms with Crippen LogP contribution in [0.4, 0.5) is 10.1 Å². The number of carbonyl (C=O) groups excluding carboxylic acids is 3. The molecule has 3 aromatic carbocycles. The summed E-state index contributed by atoms with van der Waals surface area (Å²) in [5.41, 5.74) is 2.60. The molecule has 1 heterocycles. The smallest absolute Gasteiger partial charge is 0.261 e. The van der Waals surface area contributed by atoms with Gasteiger partial charge in [-0.15, -0.1) is 0 Å². The molecule has 0 bridgehead atoms. The molecule has 0 saturated carbocycles. The number of nitrogens with zero attached hydrogens (tertiary/aromatic N) is 1. The van der Waals surface area contributed by atoms with Gasteiger partial charge >= 0.3 is 0 Å². The van der Waals surface area contributed by atoms with Gasteiger partial charge in [0, 0.05) is 11.3 Å². The van der Waals surface area contributed by atoms with Crippen molar-refractivity contribution in [1.82, 2.24) is 4.90 Å². The average Bonchev–Trinajstić information content (AvgIpc) is 2.96. The standard InChI is InChI=1S/C23H17FN2O3/c1-14-9-10-17(12-20(14)24)25-21(27)16-6-4-5-15(11-16)13-26-22(28)18-7-2-3-8-19(18)23(26)29/h2-12H,13H2,1H3,(H,25,27). The van der Waals surface area contributed by atoms with Crippen LogP contribution in [0.2, 0.25) is 0 Å². The van der Waals surface area contributed by atoms with E-state index in [-0.39, 0.29) is 18.4 Å². The second-order valence-electron chi connectivity index (χ2n) is 6.86.